The van der Waals surface area contributed by atoms with E-state index in [0.29, 0.717) is 24.3 Å². The molecule has 0 fully saturated rings. The summed E-state index contributed by atoms with van der Waals surface area (Å²) < 4.78 is 41.3. The van der Waals surface area contributed by atoms with E-state index in [4.69, 9.17) is 0 Å². The number of benzene rings is 2. The Labute approximate surface area is 170 Å². The first kappa shape index (κ1) is 19.8. The second-order valence-electron chi connectivity index (χ2n) is 7.01. The molecular formula is C22H19F3N4O. The molecule has 0 radical (unpaired) electrons. The summed E-state index contributed by atoms with van der Waals surface area (Å²) in [4.78, 5) is 12.3. The highest BCUT2D eigenvalue weighted by atomic mass is 19.4. The molecule has 30 heavy (non-hydrogen) atoms. The minimum atomic E-state index is -4.48. The van der Waals surface area contributed by atoms with Crippen LogP contribution in [-0.4, -0.2) is 20.3 Å². The quantitative estimate of drug-likeness (QED) is 0.491. The molecule has 2 aromatic carbocycles. The highest BCUT2D eigenvalue weighted by Crippen LogP contribution is 2.28. The van der Waals surface area contributed by atoms with Gasteiger partial charge in [0.05, 0.1) is 5.69 Å². The van der Waals surface area contributed by atoms with E-state index in [0.717, 1.165) is 21.8 Å². The number of carbonyl (C=O) groups is 1. The summed E-state index contributed by atoms with van der Waals surface area (Å²) in [5.41, 5.74) is 2.34. The standard InChI is InChI=1S/C22H19F3N4O/c1-15-14-28(19-5-3-2-4-18(15)19)12-11-21(30)26-16-6-8-17(9-7-16)29-13-10-20(27-29)22(23,24)25/h2-10,13-14H,11-12H2,1H3,(H,26,30). The van der Waals surface area contributed by atoms with Gasteiger partial charge in [-0.05, 0) is 48.9 Å². The number of halogens is 3. The van der Waals surface area contributed by atoms with Gasteiger partial charge >= 0.3 is 6.18 Å². The lowest BCUT2D eigenvalue weighted by Gasteiger charge is -2.08. The molecule has 4 aromatic rings. The molecule has 0 aliphatic heterocycles. The van der Waals surface area contributed by atoms with Crippen LogP contribution < -0.4 is 5.32 Å². The van der Waals surface area contributed by atoms with E-state index >= 15 is 0 Å². The fraction of sp³-hybridized carbons (Fsp3) is 0.182. The smallest absolute Gasteiger partial charge is 0.347 e. The Morgan fingerprint density at radius 3 is 2.50 bits per heavy atom. The predicted octanol–water partition coefficient (Wildman–Crippen LogP) is 5.18. The molecule has 5 nitrogen and oxygen atoms in total. The topological polar surface area (TPSA) is 51.9 Å². The Hall–Kier alpha value is -3.55. The van der Waals surface area contributed by atoms with Gasteiger partial charge in [0, 0.05) is 41.9 Å². The van der Waals surface area contributed by atoms with Crippen molar-refractivity contribution in [1.82, 2.24) is 14.3 Å². The van der Waals surface area contributed by atoms with Crippen LogP contribution in [0.1, 0.15) is 17.7 Å². The number of fused-ring (bicyclic) bond motifs is 1. The highest BCUT2D eigenvalue weighted by Gasteiger charge is 2.33. The molecule has 0 atom stereocenters. The van der Waals surface area contributed by atoms with Crippen molar-refractivity contribution in [3.05, 3.63) is 78.2 Å². The largest absolute Gasteiger partial charge is 0.435 e. The molecule has 0 spiro atoms. The van der Waals surface area contributed by atoms with Gasteiger partial charge in [0.2, 0.25) is 5.91 Å². The maximum atomic E-state index is 12.7. The van der Waals surface area contributed by atoms with Crippen LogP contribution in [0, 0.1) is 6.92 Å². The van der Waals surface area contributed by atoms with Gasteiger partial charge in [-0.15, -0.1) is 0 Å². The number of amides is 1. The van der Waals surface area contributed by atoms with Crippen LogP contribution in [-0.2, 0) is 17.5 Å². The molecular weight excluding hydrogens is 393 g/mol. The number of aromatic nitrogens is 3. The number of nitrogens with one attached hydrogen (secondary N) is 1. The number of aryl methyl sites for hydroxylation is 2. The van der Waals surface area contributed by atoms with Crippen molar-refractivity contribution in [2.75, 3.05) is 5.32 Å². The Bertz CT molecular complexity index is 1190. The van der Waals surface area contributed by atoms with Crippen molar-refractivity contribution in [3.8, 4) is 5.69 Å². The number of hydrogen-bond donors (Lipinski definition) is 1. The molecule has 2 heterocycles. The number of carbonyl (C=O) groups excluding carboxylic acids is 1. The number of nitrogens with zero attached hydrogens (tertiary/aromatic N) is 3. The molecule has 0 unspecified atom stereocenters. The first-order chi connectivity index (χ1) is 14.3. The highest BCUT2D eigenvalue weighted by molar-refractivity contribution is 5.91. The van der Waals surface area contributed by atoms with Crippen molar-refractivity contribution >= 4 is 22.5 Å². The summed E-state index contributed by atoms with van der Waals surface area (Å²) >= 11 is 0. The maximum absolute atomic E-state index is 12.7. The minimum absolute atomic E-state index is 0.142. The third-order valence-electron chi connectivity index (χ3n) is 4.86. The van der Waals surface area contributed by atoms with E-state index in [2.05, 4.69) is 21.0 Å². The Kier molecular flexibility index (Phi) is 5.07. The zero-order chi connectivity index (χ0) is 21.3. The van der Waals surface area contributed by atoms with E-state index in [9.17, 15) is 18.0 Å². The Morgan fingerprint density at radius 1 is 1.07 bits per heavy atom. The van der Waals surface area contributed by atoms with Crippen molar-refractivity contribution < 1.29 is 18.0 Å². The lowest BCUT2D eigenvalue weighted by molar-refractivity contribution is -0.141. The fourth-order valence-electron chi connectivity index (χ4n) is 3.38. The van der Waals surface area contributed by atoms with E-state index in [1.165, 1.54) is 11.6 Å². The summed E-state index contributed by atoms with van der Waals surface area (Å²) in [6.45, 7) is 2.59. The maximum Gasteiger partial charge on any atom is 0.435 e. The number of hydrogen-bond acceptors (Lipinski definition) is 2. The van der Waals surface area contributed by atoms with Gasteiger partial charge in [0.15, 0.2) is 5.69 Å². The van der Waals surface area contributed by atoms with Crippen molar-refractivity contribution in [3.63, 3.8) is 0 Å². The van der Waals surface area contributed by atoms with Crippen LogP contribution in [0.4, 0.5) is 18.9 Å². The first-order valence-corrected chi connectivity index (χ1v) is 9.39. The number of para-hydroxylation sites is 1. The van der Waals surface area contributed by atoms with Crippen LogP contribution in [0.3, 0.4) is 0 Å². The molecule has 8 heteroatoms. The van der Waals surface area contributed by atoms with Crippen LogP contribution in [0.15, 0.2) is 67.0 Å². The monoisotopic (exact) mass is 412 g/mol. The van der Waals surface area contributed by atoms with Gasteiger partial charge in [-0.3, -0.25) is 4.79 Å². The van der Waals surface area contributed by atoms with Gasteiger partial charge in [-0.1, -0.05) is 18.2 Å². The predicted molar refractivity (Wildman–Crippen MR) is 108 cm³/mol. The molecule has 0 aliphatic carbocycles. The number of anilines is 1. The summed E-state index contributed by atoms with van der Waals surface area (Å²) in [5.74, 6) is -0.142. The SMILES string of the molecule is Cc1cn(CCC(=O)Nc2ccc(-n3ccc(C(F)(F)F)n3)cc2)c2ccccc12. The van der Waals surface area contributed by atoms with Crippen molar-refractivity contribution in [1.29, 1.82) is 0 Å². The molecule has 0 saturated heterocycles. The second-order valence-corrected chi connectivity index (χ2v) is 7.01. The number of rotatable bonds is 5. The molecule has 0 aliphatic rings. The number of alkyl halides is 3. The van der Waals surface area contributed by atoms with Crippen LogP contribution in [0.5, 0.6) is 0 Å². The van der Waals surface area contributed by atoms with Crippen molar-refractivity contribution in [2.45, 2.75) is 26.1 Å². The molecule has 4 rings (SSSR count). The molecule has 1 amide bonds. The second kappa shape index (κ2) is 7.70. The van der Waals surface area contributed by atoms with E-state index in [1.807, 2.05) is 31.3 Å². The van der Waals surface area contributed by atoms with Gasteiger partial charge in [0.1, 0.15) is 0 Å². The average molecular weight is 412 g/mol. The first-order valence-electron chi connectivity index (χ1n) is 9.39. The van der Waals surface area contributed by atoms with Gasteiger partial charge < -0.3 is 9.88 Å². The van der Waals surface area contributed by atoms with Gasteiger partial charge in [-0.25, -0.2) is 4.68 Å². The molecule has 0 saturated carbocycles. The zero-order valence-electron chi connectivity index (χ0n) is 16.1. The lowest BCUT2D eigenvalue weighted by atomic mass is 10.2. The zero-order valence-corrected chi connectivity index (χ0v) is 16.1. The molecule has 2 aromatic heterocycles. The summed E-state index contributed by atoms with van der Waals surface area (Å²) in [7, 11) is 0. The van der Waals surface area contributed by atoms with E-state index in [-0.39, 0.29) is 5.91 Å². The normalized spacial score (nSPS) is 11.7. The van der Waals surface area contributed by atoms with Crippen LogP contribution in [0.2, 0.25) is 0 Å². The fourth-order valence-corrected chi connectivity index (χ4v) is 3.38. The molecule has 154 valence electrons. The summed E-state index contributed by atoms with van der Waals surface area (Å²) in [5, 5.41) is 7.51. The minimum Gasteiger partial charge on any atom is -0.347 e. The third kappa shape index (κ3) is 4.07. The Balaban J connectivity index is 1.38. The third-order valence-corrected chi connectivity index (χ3v) is 4.86. The van der Waals surface area contributed by atoms with E-state index < -0.39 is 11.9 Å². The van der Waals surface area contributed by atoms with Gasteiger partial charge in [0.25, 0.3) is 0 Å². The van der Waals surface area contributed by atoms with E-state index in [1.54, 1.807) is 24.3 Å². The van der Waals surface area contributed by atoms with Crippen molar-refractivity contribution in [2.24, 2.45) is 0 Å². The molecule has 0 bridgehead atoms. The Morgan fingerprint density at radius 2 is 1.80 bits per heavy atom. The summed E-state index contributed by atoms with van der Waals surface area (Å²) in [6.07, 6.45) is -0.900. The van der Waals surface area contributed by atoms with Gasteiger partial charge in [-0.2, -0.15) is 18.3 Å². The molecule has 1 N–H and O–H groups in total. The lowest BCUT2D eigenvalue weighted by Crippen LogP contribution is -2.14. The summed E-state index contributed by atoms with van der Waals surface area (Å²) in [6, 6.07) is 15.4. The van der Waals surface area contributed by atoms with Crippen LogP contribution in [0.25, 0.3) is 16.6 Å². The van der Waals surface area contributed by atoms with Crippen LogP contribution >= 0.6 is 0 Å². The average Bonchev–Trinajstić information content (AvgIpc) is 3.33.